The lowest BCUT2D eigenvalue weighted by Crippen LogP contribution is -2.30. The van der Waals surface area contributed by atoms with Crippen molar-refractivity contribution in [2.45, 2.75) is 26.9 Å². The zero-order valence-electron chi connectivity index (χ0n) is 18.4. The highest BCUT2D eigenvalue weighted by molar-refractivity contribution is 6.32. The van der Waals surface area contributed by atoms with Crippen molar-refractivity contribution in [3.63, 3.8) is 0 Å². The number of carbonyl (C=O) groups is 2. The third-order valence-corrected chi connectivity index (χ3v) is 5.14. The Morgan fingerprint density at radius 3 is 2.28 bits per heavy atom. The number of carbonyl (C=O) groups excluding carboxylic acids is 2. The predicted octanol–water partition coefficient (Wildman–Crippen LogP) is 5.62. The van der Waals surface area contributed by atoms with E-state index in [9.17, 15) is 9.59 Å². The third kappa shape index (κ3) is 5.80. The van der Waals surface area contributed by atoms with Crippen LogP contribution in [-0.4, -0.2) is 25.0 Å². The van der Waals surface area contributed by atoms with Gasteiger partial charge in [-0.2, -0.15) is 0 Å². The van der Waals surface area contributed by atoms with E-state index in [0.29, 0.717) is 27.8 Å². The Bertz CT molecular complexity index is 1130. The molecule has 1 unspecified atom stereocenters. The maximum atomic E-state index is 12.5. The molecule has 3 rings (SSSR count). The van der Waals surface area contributed by atoms with Crippen LogP contribution >= 0.6 is 11.6 Å². The van der Waals surface area contributed by atoms with Gasteiger partial charge in [0.1, 0.15) is 11.5 Å². The van der Waals surface area contributed by atoms with Gasteiger partial charge in [-0.3, -0.25) is 9.59 Å². The van der Waals surface area contributed by atoms with Crippen molar-refractivity contribution in [2.75, 3.05) is 17.7 Å². The standard InChI is InChI=1S/C25H25ClN2O4/c1-15-5-11-22(16(2)13-15)28-25(30)18-6-9-20(10-7-18)32-17(3)24(29)27-19-8-12-23(31-4)21(26)14-19/h5-14,17H,1-4H3,(H,27,29)(H,28,30). The average Bonchev–Trinajstić information content (AvgIpc) is 2.76. The number of halogens is 1. The molecule has 0 bridgehead atoms. The maximum absolute atomic E-state index is 12.5. The second kappa shape index (κ2) is 10.2. The minimum absolute atomic E-state index is 0.217. The Morgan fingerprint density at radius 2 is 1.66 bits per heavy atom. The first-order valence-corrected chi connectivity index (χ1v) is 10.4. The van der Waals surface area contributed by atoms with Crippen molar-refractivity contribution in [1.29, 1.82) is 0 Å². The number of ether oxygens (including phenoxy) is 2. The molecule has 2 amide bonds. The lowest BCUT2D eigenvalue weighted by Gasteiger charge is -2.15. The van der Waals surface area contributed by atoms with Crippen LogP contribution in [0.5, 0.6) is 11.5 Å². The molecular weight excluding hydrogens is 428 g/mol. The summed E-state index contributed by atoms with van der Waals surface area (Å²) >= 11 is 6.09. The highest BCUT2D eigenvalue weighted by Crippen LogP contribution is 2.27. The van der Waals surface area contributed by atoms with Crippen molar-refractivity contribution in [1.82, 2.24) is 0 Å². The van der Waals surface area contributed by atoms with E-state index in [-0.39, 0.29) is 11.8 Å². The van der Waals surface area contributed by atoms with Gasteiger partial charge in [-0.15, -0.1) is 0 Å². The summed E-state index contributed by atoms with van der Waals surface area (Å²) in [5, 5.41) is 6.06. The molecule has 32 heavy (non-hydrogen) atoms. The van der Waals surface area contributed by atoms with E-state index in [4.69, 9.17) is 21.1 Å². The second-order valence-corrected chi connectivity index (χ2v) is 7.80. The van der Waals surface area contributed by atoms with Crippen molar-refractivity contribution in [3.8, 4) is 11.5 Å². The molecule has 7 heteroatoms. The van der Waals surface area contributed by atoms with Crippen LogP contribution in [0.4, 0.5) is 11.4 Å². The summed E-state index contributed by atoms with van der Waals surface area (Å²) < 4.78 is 10.8. The van der Waals surface area contributed by atoms with Gasteiger partial charge in [-0.05, 0) is 74.9 Å². The summed E-state index contributed by atoms with van der Waals surface area (Å²) in [7, 11) is 1.52. The second-order valence-electron chi connectivity index (χ2n) is 7.40. The molecule has 0 saturated heterocycles. The van der Waals surface area contributed by atoms with E-state index in [1.54, 1.807) is 49.4 Å². The van der Waals surface area contributed by atoms with Crippen molar-refractivity contribution in [3.05, 3.63) is 82.4 Å². The van der Waals surface area contributed by atoms with Crippen molar-refractivity contribution >= 4 is 34.8 Å². The van der Waals surface area contributed by atoms with Gasteiger partial charge in [0, 0.05) is 16.9 Å². The van der Waals surface area contributed by atoms with Gasteiger partial charge in [-0.1, -0.05) is 29.3 Å². The smallest absolute Gasteiger partial charge is 0.265 e. The molecule has 166 valence electrons. The largest absolute Gasteiger partial charge is 0.495 e. The van der Waals surface area contributed by atoms with Crippen LogP contribution in [0.25, 0.3) is 0 Å². The van der Waals surface area contributed by atoms with E-state index in [0.717, 1.165) is 16.8 Å². The minimum atomic E-state index is -0.759. The Hall–Kier alpha value is -3.51. The van der Waals surface area contributed by atoms with E-state index < -0.39 is 6.10 Å². The Kier molecular flexibility index (Phi) is 7.38. The van der Waals surface area contributed by atoms with Crippen LogP contribution in [0.1, 0.15) is 28.4 Å². The first kappa shape index (κ1) is 23.2. The molecule has 0 aliphatic carbocycles. The molecule has 0 spiro atoms. The SMILES string of the molecule is COc1ccc(NC(=O)C(C)Oc2ccc(C(=O)Nc3ccc(C)cc3C)cc2)cc1Cl. The molecule has 1 atom stereocenters. The van der Waals surface area contributed by atoms with Crippen LogP contribution in [0.15, 0.2) is 60.7 Å². The molecule has 3 aromatic rings. The number of rotatable bonds is 7. The topological polar surface area (TPSA) is 76.7 Å². The Balaban J connectivity index is 1.58. The first-order chi connectivity index (χ1) is 15.3. The van der Waals surface area contributed by atoms with Gasteiger partial charge in [0.2, 0.25) is 0 Å². The number of methoxy groups -OCH3 is 1. The monoisotopic (exact) mass is 452 g/mol. The molecule has 0 aromatic heterocycles. The molecule has 0 aliphatic rings. The number of anilines is 2. The van der Waals surface area contributed by atoms with Gasteiger partial charge in [0.05, 0.1) is 12.1 Å². The molecular formula is C25H25ClN2O4. The molecule has 2 N–H and O–H groups in total. The molecule has 3 aromatic carbocycles. The van der Waals surface area contributed by atoms with E-state index in [1.165, 1.54) is 7.11 Å². The van der Waals surface area contributed by atoms with Crippen LogP contribution < -0.4 is 20.1 Å². The fraction of sp³-hybridized carbons (Fsp3) is 0.200. The van der Waals surface area contributed by atoms with Crippen LogP contribution in [0.2, 0.25) is 5.02 Å². The number of hydrogen-bond acceptors (Lipinski definition) is 4. The maximum Gasteiger partial charge on any atom is 0.265 e. The van der Waals surface area contributed by atoms with Gasteiger partial charge >= 0.3 is 0 Å². The summed E-state index contributed by atoms with van der Waals surface area (Å²) in [5.74, 6) is 0.452. The lowest BCUT2D eigenvalue weighted by molar-refractivity contribution is -0.122. The van der Waals surface area contributed by atoms with E-state index >= 15 is 0 Å². The summed E-state index contributed by atoms with van der Waals surface area (Å²) in [6, 6.07) is 17.4. The predicted molar refractivity (Wildman–Crippen MR) is 127 cm³/mol. The molecule has 0 fully saturated rings. The van der Waals surface area contributed by atoms with Crippen molar-refractivity contribution < 1.29 is 19.1 Å². The average molecular weight is 453 g/mol. The number of hydrogen-bond donors (Lipinski definition) is 2. The Labute approximate surface area is 192 Å². The molecule has 0 heterocycles. The summed E-state index contributed by atoms with van der Waals surface area (Å²) in [4.78, 5) is 25.0. The lowest BCUT2D eigenvalue weighted by atomic mass is 10.1. The molecule has 0 aliphatic heterocycles. The number of nitrogens with one attached hydrogen (secondary N) is 2. The van der Waals surface area contributed by atoms with Crippen molar-refractivity contribution in [2.24, 2.45) is 0 Å². The summed E-state index contributed by atoms with van der Waals surface area (Å²) in [5.41, 5.74) is 3.92. The highest BCUT2D eigenvalue weighted by atomic mass is 35.5. The Morgan fingerprint density at radius 1 is 0.938 bits per heavy atom. The normalized spacial score (nSPS) is 11.4. The van der Waals surface area contributed by atoms with Gasteiger partial charge in [0.25, 0.3) is 11.8 Å². The molecule has 0 radical (unpaired) electrons. The highest BCUT2D eigenvalue weighted by Gasteiger charge is 2.16. The van der Waals surface area contributed by atoms with E-state index in [2.05, 4.69) is 10.6 Å². The van der Waals surface area contributed by atoms with Gasteiger partial charge in [0.15, 0.2) is 6.10 Å². The minimum Gasteiger partial charge on any atom is -0.495 e. The quantitative estimate of drug-likeness (QED) is 0.487. The first-order valence-electron chi connectivity index (χ1n) is 10.1. The van der Waals surface area contributed by atoms with Gasteiger partial charge < -0.3 is 20.1 Å². The summed E-state index contributed by atoms with van der Waals surface area (Å²) in [6.45, 7) is 5.60. The van der Waals surface area contributed by atoms with E-state index in [1.807, 2.05) is 32.0 Å². The van der Waals surface area contributed by atoms with Crippen LogP contribution in [0, 0.1) is 13.8 Å². The molecule has 6 nitrogen and oxygen atoms in total. The number of aryl methyl sites for hydroxylation is 2. The van der Waals surface area contributed by atoms with Gasteiger partial charge in [-0.25, -0.2) is 0 Å². The fourth-order valence-corrected chi connectivity index (χ4v) is 3.34. The number of benzene rings is 3. The zero-order chi connectivity index (χ0) is 23.3. The van der Waals surface area contributed by atoms with Crippen LogP contribution in [0.3, 0.4) is 0 Å². The summed E-state index contributed by atoms with van der Waals surface area (Å²) in [6.07, 6.45) is -0.759. The number of amides is 2. The third-order valence-electron chi connectivity index (χ3n) is 4.85. The zero-order valence-corrected chi connectivity index (χ0v) is 19.1. The fourth-order valence-electron chi connectivity index (χ4n) is 3.08. The molecule has 0 saturated carbocycles. The van der Waals surface area contributed by atoms with Crippen LogP contribution in [-0.2, 0) is 4.79 Å².